The van der Waals surface area contributed by atoms with Crippen LogP contribution in [0.25, 0.3) is 0 Å². The van der Waals surface area contributed by atoms with E-state index in [1.807, 2.05) is 235 Å². The van der Waals surface area contributed by atoms with Crippen LogP contribution in [0.4, 0.5) is 0 Å². The molecule has 0 spiro atoms. The molecule has 0 radical (unpaired) electrons. The van der Waals surface area contributed by atoms with Crippen molar-refractivity contribution in [3.05, 3.63) is 76.3 Å². The zero-order valence-electron chi connectivity index (χ0n) is 52.4. The van der Waals surface area contributed by atoms with Gasteiger partial charge in [0.1, 0.15) is 0 Å². The predicted octanol–water partition coefficient (Wildman–Crippen LogP) is 28.0. The summed E-state index contributed by atoms with van der Waals surface area (Å²) in [6, 6.07) is 2.31. The molecule has 0 saturated heterocycles. The van der Waals surface area contributed by atoms with Crippen molar-refractivity contribution in [2.75, 3.05) is 123 Å². The van der Waals surface area contributed by atoms with Gasteiger partial charge in [0.25, 0.3) is 0 Å². The molecule has 6 heterocycles. The minimum absolute atomic E-state index is 0.567. The summed E-state index contributed by atoms with van der Waals surface area (Å²) in [6.45, 7) is 14.4. The van der Waals surface area contributed by atoms with E-state index in [1.165, 1.54) is 185 Å². The van der Waals surface area contributed by atoms with Crippen molar-refractivity contribution >= 4 is 282 Å². The maximum Gasteiger partial charge on any atom is 0.0717 e. The van der Waals surface area contributed by atoms with Crippen LogP contribution in [0.5, 0.6) is 0 Å². The molecule has 6 aliphatic rings. The molecule has 0 aromatic heterocycles. The van der Waals surface area contributed by atoms with Gasteiger partial charge in [-0.25, -0.2) is 0 Å². The molecule has 0 aromatic carbocycles. The van der Waals surface area contributed by atoms with Gasteiger partial charge in [0.05, 0.1) is 135 Å². The zero-order valence-corrected chi connectivity index (χ0v) is 72.0. The highest BCUT2D eigenvalue weighted by atomic mass is 32.3. The lowest BCUT2D eigenvalue weighted by atomic mass is 10.2. The van der Waals surface area contributed by atoms with E-state index in [4.69, 9.17) is 18.9 Å². The molecule has 6 rings (SSSR count). The second kappa shape index (κ2) is 53.2. The molecule has 0 aliphatic carbocycles. The first-order chi connectivity index (χ1) is 43.9. The summed E-state index contributed by atoms with van der Waals surface area (Å²) in [4.78, 5) is 0. The van der Waals surface area contributed by atoms with Gasteiger partial charge in [0.2, 0.25) is 0 Å². The molecule has 502 valence electrons. The van der Waals surface area contributed by atoms with Crippen LogP contribution in [0.3, 0.4) is 0 Å². The second-order valence-corrected chi connectivity index (χ2v) is 48.5. The highest BCUT2D eigenvalue weighted by molar-refractivity contribution is 8.47. The fourth-order valence-corrected chi connectivity index (χ4v) is 42.3. The molecule has 0 atom stereocenters. The molecular formula is C60H89NO4S24. The highest BCUT2D eigenvalue weighted by Crippen LogP contribution is 2.69. The molecular weight excluding hydrogens is 1570 g/mol. The van der Waals surface area contributed by atoms with Gasteiger partial charge in [-0.3, -0.25) is 0 Å². The normalized spacial score (nSPS) is 17.6. The third-order valence-electron chi connectivity index (χ3n) is 12.2. The first kappa shape index (κ1) is 83.3. The van der Waals surface area contributed by atoms with Crippen LogP contribution in [0.15, 0.2) is 76.3 Å². The van der Waals surface area contributed by atoms with Crippen LogP contribution in [0.2, 0.25) is 0 Å². The zero-order chi connectivity index (χ0) is 62.9. The number of rotatable bonds is 52. The average Bonchev–Trinajstić information content (AvgIpc) is 2.54. The van der Waals surface area contributed by atoms with Crippen molar-refractivity contribution in [2.24, 2.45) is 0 Å². The van der Waals surface area contributed by atoms with E-state index < -0.39 is 0 Å². The minimum atomic E-state index is 0.567. The van der Waals surface area contributed by atoms with Crippen molar-refractivity contribution in [1.82, 2.24) is 0 Å². The van der Waals surface area contributed by atoms with Crippen LogP contribution in [-0.2, 0) is 18.9 Å². The van der Waals surface area contributed by atoms with Gasteiger partial charge in [0, 0.05) is 35.2 Å². The number of ether oxygens (including phenoxy) is 4. The Morgan fingerprint density at radius 2 is 0.461 bits per heavy atom. The molecule has 0 amide bonds. The Morgan fingerprint density at radius 1 is 0.258 bits per heavy atom. The Morgan fingerprint density at radius 3 is 0.674 bits per heavy atom. The van der Waals surface area contributed by atoms with Gasteiger partial charge in [-0.1, -0.05) is 246 Å². The Kier molecular flexibility index (Phi) is 49.8. The van der Waals surface area contributed by atoms with E-state index in [-0.39, 0.29) is 0 Å². The summed E-state index contributed by atoms with van der Waals surface area (Å²) in [5, 5.41) is 9.20. The maximum absolute atomic E-state index is 9.20. The van der Waals surface area contributed by atoms with Crippen molar-refractivity contribution in [2.45, 2.75) is 137 Å². The van der Waals surface area contributed by atoms with E-state index in [9.17, 15) is 5.26 Å². The van der Waals surface area contributed by atoms with E-state index in [2.05, 4.69) is 99.6 Å². The summed E-state index contributed by atoms with van der Waals surface area (Å²) in [5.41, 5.74) is 0. The molecule has 0 aromatic rings. The number of nitriles is 1. The van der Waals surface area contributed by atoms with Crippen molar-refractivity contribution in [3.63, 3.8) is 0 Å². The van der Waals surface area contributed by atoms with Gasteiger partial charge in [-0.2, -0.15) is 5.26 Å². The van der Waals surface area contributed by atoms with Gasteiger partial charge in [-0.15, -0.1) is 141 Å². The number of hydrogen-bond acceptors (Lipinski definition) is 29. The lowest BCUT2D eigenvalue weighted by Gasteiger charge is -2.08. The highest BCUT2D eigenvalue weighted by Gasteiger charge is 2.34. The van der Waals surface area contributed by atoms with Crippen LogP contribution in [-0.4, -0.2) is 123 Å². The van der Waals surface area contributed by atoms with Gasteiger partial charge in [-0.05, 0) is 67.5 Å². The summed E-state index contributed by atoms with van der Waals surface area (Å²) < 4.78 is 50.5. The molecule has 29 heteroatoms. The van der Waals surface area contributed by atoms with Crippen molar-refractivity contribution < 1.29 is 18.9 Å². The third kappa shape index (κ3) is 32.7. The lowest BCUT2D eigenvalue weighted by Crippen LogP contribution is -2.08. The minimum Gasteiger partial charge on any atom is -0.378 e. The van der Waals surface area contributed by atoms with Crippen LogP contribution >= 0.6 is 282 Å². The number of unbranched alkanes of at least 4 members (excludes halogenated alkanes) is 12. The second-order valence-electron chi connectivity index (χ2n) is 19.2. The fraction of sp³-hybridized carbons (Fsp3) is 0.683. The van der Waals surface area contributed by atoms with Gasteiger partial charge >= 0.3 is 0 Å². The molecule has 5 nitrogen and oxygen atoms in total. The Hall–Kier alpha value is 5.39. The Labute approximate surface area is 640 Å². The largest absolute Gasteiger partial charge is 0.378 e. The average molecular weight is 1660 g/mol. The topological polar surface area (TPSA) is 60.7 Å². The van der Waals surface area contributed by atoms with Crippen LogP contribution in [0.1, 0.15) is 137 Å². The summed E-state index contributed by atoms with van der Waals surface area (Å²) in [7, 11) is 0. The molecule has 0 bridgehead atoms. The molecule has 0 saturated carbocycles. The monoisotopic (exact) mass is 1660 g/mol. The SMILES string of the molecule is CCCCCCSC1=C(SCCCCCC)SC(=C2SC(SC)=C(SCCOCCOCCSC3=C(SCCOCCOCCSC4=C(SC)SC(=C5SC(SCCCCCC)=C(SCCCCCC)S5)S4)SC(=C4SC(SC)=C(SCCC#N)S4)S3)S2)S1. The molecule has 6 aliphatic heterocycles. The molecule has 0 unspecified atom stereocenters. The van der Waals surface area contributed by atoms with Crippen LogP contribution in [0, 0.1) is 11.3 Å². The quantitative estimate of drug-likeness (QED) is 0.0543. The fourth-order valence-electron chi connectivity index (χ4n) is 7.69. The number of hydrogen-bond donors (Lipinski definition) is 0. The Bertz CT molecular complexity index is 2300. The summed E-state index contributed by atoms with van der Waals surface area (Å²) in [6.07, 6.45) is 28.4. The first-order valence-electron chi connectivity index (χ1n) is 30.6. The maximum atomic E-state index is 9.20. The smallest absolute Gasteiger partial charge is 0.0717 e. The predicted molar refractivity (Wildman–Crippen MR) is 457 cm³/mol. The molecule has 0 fully saturated rings. The molecule has 89 heavy (non-hydrogen) atoms. The van der Waals surface area contributed by atoms with Crippen molar-refractivity contribution in [1.29, 1.82) is 5.26 Å². The van der Waals surface area contributed by atoms with Gasteiger partial charge < -0.3 is 18.9 Å². The molecule has 0 N–H and O–H groups in total. The summed E-state index contributed by atoms with van der Waals surface area (Å²) >= 11 is 47.2. The summed E-state index contributed by atoms with van der Waals surface area (Å²) in [5.74, 6) is 9.43. The first-order valence-corrected chi connectivity index (χ1v) is 53.0. The van der Waals surface area contributed by atoms with Crippen LogP contribution < -0.4 is 0 Å². The van der Waals surface area contributed by atoms with E-state index >= 15 is 0 Å². The third-order valence-corrected chi connectivity index (χ3v) is 46.7. The van der Waals surface area contributed by atoms with E-state index in [0.717, 1.165) is 42.0 Å². The standard InChI is InChI=1S/C60H89NO4S24/c1-8-12-16-20-34-69-49-50(70-35-21-17-13-9-2)85-58(84-49)56-79-44(67-6)47(82-56)74-39-30-62-26-28-64-32-41-76-53-54(89-60(88-53)55-78-43(66-5)46(81-55)73-38-24-25-61)77-42-33-65-29-27-63-31-40-75-48-45(68-7)80-57(83-48)59-86-51(71-36-22-18-14-10-3)52(87-59)72-37-23-19-15-11-4/h8-24,26-42H2,1-7H3. The van der Waals surface area contributed by atoms with E-state index in [1.54, 1.807) is 16.9 Å². The lowest BCUT2D eigenvalue weighted by molar-refractivity contribution is 0.0605. The van der Waals surface area contributed by atoms with E-state index in [0.29, 0.717) is 46.1 Å². The van der Waals surface area contributed by atoms with Gasteiger partial charge in [0.15, 0.2) is 0 Å². The number of nitrogens with zero attached hydrogens (tertiary/aromatic N) is 1. The number of thioether (sulfide) groups is 24. The Balaban J connectivity index is 0.875. The van der Waals surface area contributed by atoms with Crippen molar-refractivity contribution in [3.8, 4) is 6.07 Å².